The molecule has 0 atom stereocenters. The van der Waals surface area contributed by atoms with Gasteiger partial charge in [0.1, 0.15) is 5.82 Å². The van der Waals surface area contributed by atoms with Crippen LogP contribution < -0.4 is 5.73 Å². The van der Waals surface area contributed by atoms with Crippen LogP contribution in [0.4, 0.5) is 0 Å². The molecular formula is C17H19N3S. The van der Waals surface area contributed by atoms with Crippen molar-refractivity contribution in [2.45, 2.75) is 38.6 Å². The predicted molar refractivity (Wildman–Crippen MR) is 88.6 cm³/mol. The molecule has 0 fully saturated rings. The van der Waals surface area contributed by atoms with Crippen LogP contribution in [0.3, 0.4) is 0 Å². The number of H-pyrrole nitrogens is 1. The largest absolute Gasteiger partial charge is 0.337 e. The van der Waals surface area contributed by atoms with Crippen LogP contribution in [0.5, 0.6) is 0 Å². The van der Waals surface area contributed by atoms with Gasteiger partial charge in [0.05, 0.1) is 15.9 Å². The van der Waals surface area contributed by atoms with Crippen LogP contribution >= 0.6 is 11.3 Å². The highest BCUT2D eigenvalue weighted by molar-refractivity contribution is 7.15. The summed E-state index contributed by atoms with van der Waals surface area (Å²) in [5, 5.41) is 0. The van der Waals surface area contributed by atoms with Crippen LogP contribution in [0.1, 0.15) is 35.3 Å². The monoisotopic (exact) mass is 297 g/mol. The number of imidazole rings is 1. The zero-order valence-corrected chi connectivity index (χ0v) is 12.8. The van der Waals surface area contributed by atoms with Gasteiger partial charge in [0, 0.05) is 11.4 Å². The maximum Gasteiger partial charge on any atom is 0.148 e. The Balaban J connectivity index is 1.76. The maximum absolute atomic E-state index is 5.71. The molecule has 4 rings (SSSR count). The molecule has 0 saturated heterocycles. The Bertz CT molecular complexity index is 761. The third-order valence-corrected chi connectivity index (χ3v) is 5.51. The zero-order valence-electron chi connectivity index (χ0n) is 12.0. The smallest absolute Gasteiger partial charge is 0.148 e. The van der Waals surface area contributed by atoms with E-state index in [4.69, 9.17) is 10.7 Å². The normalized spacial score (nSPS) is 15.1. The molecule has 3 N–H and O–H groups in total. The fraction of sp³-hybridized carbons (Fsp3) is 0.353. The van der Waals surface area contributed by atoms with Crippen LogP contribution in [0.25, 0.3) is 21.7 Å². The van der Waals surface area contributed by atoms with Crippen molar-refractivity contribution in [1.29, 1.82) is 0 Å². The average molecular weight is 297 g/mol. The van der Waals surface area contributed by atoms with Crippen molar-refractivity contribution in [3.63, 3.8) is 0 Å². The summed E-state index contributed by atoms with van der Waals surface area (Å²) in [6, 6.07) is 8.55. The summed E-state index contributed by atoms with van der Waals surface area (Å²) in [5.74, 6) is 0.997. The Hall–Kier alpha value is -1.65. The minimum atomic E-state index is 0.567. The van der Waals surface area contributed by atoms with Gasteiger partial charge in [-0.3, -0.25) is 0 Å². The van der Waals surface area contributed by atoms with Crippen molar-refractivity contribution in [1.82, 2.24) is 9.97 Å². The van der Waals surface area contributed by atoms with E-state index in [2.05, 4.69) is 29.2 Å². The second-order valence-electron chi connectivity index (χ2n) is 5.76. The molecule has 0 unspecified atom stereocenters. The number of aromatic nitrogens is 2. The third-order valence-electron chi connectivity index (χ3n) is 4.26. The Labute approximate surface area is 128 Å². The van der Waals surface area contributed by atoms with Crippen LogP contribution in [-0.4, -0.2) is 9.97 Å². The van der Waals surface area contributed by atoms with Crippen molar-refractivity contribution in [3.8, 4) is 10.7 Å². The molecule has 2 aromatic heterocycles. The number of aromatic amines is 1. The SMILES string of the molecule is NCc1ccc2nc(-c3cc4c(s3)CCCCC4)[nH]c2c1. The topological polar surface area (TPSA) is 54.7 Å². The van der Waals surface area contributed by atoms with Gasteiger partial charge in [-0.1, -0.05) is 12.5 Å². The molecule has 1 aliphatic rings. The lowest BCUT2D eigenvalue weighted by Gasteiger charge is -1.94. The molecule has 1 aromatic carbocycles. The molecule has 3 aromatic rings. The number of hydrogen-bond donors (Lipinski definition) is 2. The second kappa shape index (κ2) is 5.28. The van der Waals surface area contributed by atoms with Gasteiger partial charge in [0.15, 0.2) is 0 Å². The van der Waals surface area contributed by atoms with Gasteiger partial charge in [0.2, 0.25) is 0 Å². The molecule has 0 spiro atoms. The number of aryl methyl sites for hydroxylation is 2. The number of hydrogen-bond acceptors (Lipinski definition) is 3. The molecule has 0 aliphatic heterocycles. The number of rotatable bonds is 2. The van der Waals surface area contributed by atoms with E-state index in [-0.39, 0.29) is 0 Å². The Morgan fingerprint density at radius 3 is 2.95 bits per heavy atom. The van der Waals surface area contributed by atoms with Gasteiger partial charge >= 0.3 is 0 Å². The van der Waals surface area contributed by atoms with E-state index in [0.717, 1.165) is 22.4 Å². The molecule has 4 heteroatoms. The highest BCUT2D eigenvalue weighted by atomic mass is 32.1. The highest BCUT2D eigenvalue weighted by Crippen LogP contribution is 2.34. The summed E-state index contributed by atoms with van der Waals surface area (Å²) in [6.45, 7) is 0.567. The molecule has 21 heavy (non-hydrogen) atoms. The van der Waals surface area contributed by atoms with E-state index in [0.29, 0.717) is 6.54 Å². The first-order valence-electron chi connectivity index (χ1n) is 7.64. The molecule has 1 aliphatic carbocycles. The quantitative estimate of drug-likeness (QED) is 0.702. The second-order valence-corrected chi connectivity index (χ2v) is 6.90. The van der Waals surface area contributed by atoms with E-state index >= 15 is 0 Å². The summed E-state index contributed by atoms with van der Waals surface area (Å²) in [5.41, 5.74) is 10.5. The lowest BCUT2D eigenvalue weighted by molar-refractivity contribution is 0.713. The molecule has 108 valence electrons. The van der Waals surface area contributed by atoms with Crippen molar-refractivity contribution in [2.24, 2.45) is 5.73 Å². The summed E-state index contributed by atoms with van der Waals surface area (Å²) >= 11 is 1.91. The van der Waals surface area contributed by atoms with Crippen LogP contribution in [0.2, 0.25) is 0 Å². The van der Waals surface area contributed by atoms with Gasteiger partial charge in [-0.05, 0) is 55.0 Å². The van der Waals surface area contributed by atoms with Gasteiger partial charge in [-0.25, -0.2) is 4.98 Å². The molecule has 2 heterocycles. The van der Waals surface area contributed by atoms with Crippen LogP contribution in [-0.2, 0) is 19.4 Å². The Morgan fingerprint density at radius 1 is 1.14 bits per heavy atom. The number of nitrogens with two attached hydrogens (primary N) is 1. The number of thiophene rings is 1. The van der Waals surface area contributed by atoms with Gasteiger partial charge in [-0.2, -0.15) is 0 Å². The minimum Gasteiger partial charge on any atom is -0.337 e. The fourth-order valence-electron chi connectivity index (χ4n) is 3.08. The fourth-order valence-corrected chi connectivity index (χ4v) is 4.28. The van der Waals surface area contributed by atoms with Crippen molar-refractivity contribution in [3.05, 3.63) is 40.3 Å². The standard InChI is InChI=1S/C17H19N3S/c18-10-11-6-7-13-14(8-11)20-17(19-13)16-9-12-4-2-1-3-5-15(12)21-16/h6-9H,1-5,10,18H2,(H,19,20). The van der Waals surface area contributed by atoms with Crippen molar-refractivity contribution < 1.29 is 0 Å². The van der Waals surface area contributed by atoms with Crippen molar-refractivity contribution >= 4 is 22.4 Å². The first-order valence-corrected chi connectivity index (χ1v) is 8.46. The molecule has 0 radical (unpaired) electrons. The maximum atomic E-state index is 5.71. The number of benzene rings is 1. The molecule has 0 bridgehead atoms. The Morgan fingerprint density at radius 2 is 2.05 bits per heavy atom. The van der Waals surface area contributed by atoms with E-state index in [1.54, 1.807) is 4.88 Å². The number of nitrogens with one attached hydrogen (secondary N) is 1. The molecule has 0 saturated carbocycles. The number of nitrogens with zero attached hydrogens (tertiary/aromatic N) is 1. The minimum absolute atomic E-state index is 0.567. The van der Waals surface area contributed by atoms with E-state index in [9.17, 15) is 0 Å². The average Bonchev–Trinajstić information content (AvgIpc) is 3.04. The number of fused-ring (bicyclic) bond motifs is 2. The van der Waals surface area contributed by atoms with E-state index in [1.165, 1.54) is 42.5 Å². The van der Waals surface area contributed by atoms with Gasteiger partial charge < -0.3 is 10.7 Å². The van der Waals surface area contributed by atoms with Gasteiger partial charge in [-0.15, -0.1) is 11.3 Å². The predicted octanol–water partition coefficient (Wildman–Crippen LogP) is 4.02. The summed E-state index contributed by atoms with van der Waals surface area (Å²) in [4.78, 5) is 11.0. The third kappa shape index (κ3) is 2.39. The Kier molecular flexibility index (Phi) is 3.28. The molecule has 3 nitrogen and oxygen atoms in total. The van der Waals surface area contributed by atoms with Crippen molar-refractivity contribution in [2.75, 3.05) is 0 Å². The molecular weight excluding hydrogens is 278 g/mol. The van der Waals surface area contributed by atoms with Crippen LogP contribution in [0.15, 0.2) is 24.3 Å². The highest BCUT2D eigenvalue weighted by Gasteiger charge is 2.15. The summed E-state index contributed by atoms with van der Waals surface area (Å²) in [6.07, 6.45) is 6.47. The summed E-state index contributed by atoms with van der Waals surface area (Å²) in [7, 11) is 0. The lowest BCUT2D eigenvalue weighted by Crippen LogP contribution is -1.95. The first kappa shape index (κ1) is 13.0. The van der Waals surface area contributed by atoms with E-state index < -0.39 is 0 Å². The van der Waals surface area contributed by atoms with Crippen LogP contribution in [0, 0.1) is 0 Å². The van der Waals surface area contributed by atoms with E-state index in [1.807, 2.05) is 11.3 Å². The summed E-state index contributed by atoms with van der Waals surface area (Å²) < 4.78 is 0. The zero-order chi connectivity index (χ0) is 14.2. The molecule has 0 amide bonds. The lowest BCUT2D eigenvalue weighted by atomic mass is 10.1. The first-order chi connectivity index (χ1) is 10.3. The van der Waals surface area contributed by atoms with Gasteiger partial charge in [0.25, 0.3) is 0 Å².